The van der Waals surface area contributed by atoms with Gasteiger partial charge in [0.15, 0.2) is 0 Å². The summed E-state index contributed by atoms with van der Waals surface area (Å²) in [4.78, 5) is 11.0. The SMILES string of the molecule is C=Cn1cc(C(N)C(=O)OC)cn1. The summed E-state index contributed by atoms with van der Waals surface area (Å²) in [6, 6.07) is -0.779. The van der Waals surface area contributed by atoms with E-state index < -0.39 is 12.0 Å². The molecule has 0 aliphatic rings. The standard InChI is InChI=1S/C8H11N3O2/c1-3-11-5-6(4-10-11)7(9)8(12)13-2/h3-5,7H,1,9H2,2H3. The number of hydrogen-bond acceptors (Lipinski definition) is 4. The van der Waals surface area contributed by atoms with Gasteiger partial charge in [-0.15, -0.1) is 0 Å². The summed E-state index contributed by atoms with van der Waals surface area (Å²) in [6.45, 7) is 3.51. The van der Waals surface area contributed by atoms with Crippen LogP contribution in [0.5, 0.6) is 0 Å². The van der Waals surface area contributed by atoms with Crippen LogP contribution in [0.4, 0.5) is 0 Å². The Morgan fingerprint density at radius 1 is 1.92 bits per heavy atom. The molecule has 5 nitrogen and oxygen atoms in total. The van der Waals surface area contributed by atoms with Crippen molar-refractivity contribution in [3.05, 3.63) is 24.5 Å². The topological polar surface area (TPSA) is 70.1 Å². The summed E-state index contributed by atoms with van der Waals surface area (Å²) in [5, 5.41) is 3.88. The minimum Gasteiger partial charge on any atom is -0.468 e. The first kappa shape index (κ1) is 9.47. The zero-order chi connectivity index (χ0) is 9.84. The summed E-state index contributed by atoms with van der Waals surface area (Å²) in [6.07, 6.45) is 4.63. The molecule has 0 aromatic carbocycles. The largest absolute Gasteiger partial charge is 0.468 e. The van der Waals surface area contributed by atoms with Crippen LogP contribution in [0.25, 0.3) is 6.20 Å². The van der Waals surface area contributed by atoms with Gasteiger partial charge in [0.2, 0.25) is 0 Å². The molecule has 0 radical (unpaired) electrons. The van der Waals surface area contributed by atoms with Gasteiger partial charge in [-0.2, -0.15) is 5.10 Å². The van der Waals surface area contributed by atoms with Crippen molar-refractivity contribution in [1.29, 1.82) is 0 Å². The molecule has 0 spiro atoms. The second-order valence-electron chi connectivity index (χ2n) is 2.44. The van der Waals surface area contributed by atoms with Gasteiger partial charge in [0, 0.05) is 18.0 Å². The van der Waals surface area contributed by atoms with Crippen LogP contribution >= 0.6 is 0 Å². The third kappa shape index (κ3) is 1.94. The van der Waals surface area contributed by atoms with E-state index in [4.69, 9.17) is 5.73 Å². The van der Waals surface area contributed by atoms with Crippen molar-refractivity contribution in [2.45, 2.75) is 6.04 Å². The van der Waals surface area contributed by atoms with E-state index in [1.807, 2.05) is 0 Å². The highest BCUT2D eigenvalue weighted by Gasteiger charge is 2.17. The first-order valence-electron chi connectivity index (χ1n) is 3.69. The number of nitrogens with zero attached hydrogens (tertiary/aromatic N) is 2. The first-order valence-corrected chi connectivity index (χ1v) is 3.69. The normalized spacial score (nSPS) is 12.2. The molecule has 1 unspecified atom stereocenters. The average Bonchev–Trinajstić information content (AvgIpc) is 2.63. The van der Waals surface area contributed by atoms with Crippen LogP contribution in [0.15, 0.2) is 19.0 Å². The second-order valence-corrected chi connectivity index (χ2v) is 2.44. The number of aromatic nitrogens is 2. The lowest BCUT2D eigenvalue weighted by atomic mass is 10.2. The molecule has 0 saturated heterocycles. The van der Waals surface area contributed by atoms with Crippen LogP contribution in [0.3, 0.4) is 0 Å². The summed E-state index contributed by atoms with van der Waals surface area (Å²) < 4.78 is 5.95. The van der Waals surface area contributed by atoms with Crippen LogP contribution in [0.2, 0.25) is 0 Å². The number of esters is 1. The Bertz CT molecular complexity index is 319. The van der Waals surface area contributed by atoms with E-state index in [9.17, 15) is 4.79 Å². The van der Waals surface area contributed by atoms with Crippen molar-refractivity contribution < 1.29 is 9.53 Å². The quantitative estimate of drug-likeness (QED) is 0.674. The molecule has 0 saturated carbocycles. The van der Waals surface area contributed by atoms with Gasteiger partial charge < -0.3 is 10.5 Å². The molecule has 13 heavy (non-hydrogen) atoms. The molecule has 70 valence electrons. The predicted octanol–water partition coefficient (Wildman–Crippen LogP) is 0.156. The Kier molecular flexibility index (Phi) is 2.81. The third-order valence-corrected chi connectivity index (χ3v) is 1.62. The maximum atomic E-state index is 11.0. The number of carbonyl (C=O) groups excluding carboxylic acids is 1. The summed E-state index contributed by atoms with van der Waals surface area (Å²) >= 11 is 0. The monoisotopic (exact) mass is 181 g/mol. The van der Waals surface area contributed by atoms with Crippen molar-refractivity contribution in [1.82, 2.24) is 9.78 Å². The summed E-state index contributed by atoms with van der Waals surface area (Å²) in [5.41, 5.74) is 6.16. The van der Waals surface area contributed by atoms with E-state index in [1.54, 1.807) is 6.20 Å². The van der Waals surface area contributed by atoms with E-state index in [0.717, 1.165) is 0 Å². The molecule has 1 heterocycles. The lowest BCUT2D eigenvalue weighted by Crippen LogP contribution is -2.22. The highest BCUT2D eigenvalue weighted by Crippen LogP contribution is 2.09. The lowest BCUT2D eigenvalue weighted by Gasteiger charge is -2.04. The van der Waals surface area contributed by atoms with Gasteiger partial charge in [-0.1, -0.05) is 6.58 Å². The minimum atomic E-state index is -0.779. The van der Waals surface area contributed by atoms with Crippen molar-refractivity contribution in [3.8, 4) is 0 Å². The van der Waals surface area contributed by atoms with Crippen LogP contribution in [0, 0.1) is 0 Å². The summed E-state index contributed by atoms with van der Waals surface area (Å²) in [5.74, 6) is -0.483. The number of carbonyl (C=O) groups is 1. The maximum absolute atomic E-state index is 11.0. The fraction of sp³-hybridized carbons (Fsp3) is 0.250. The molecular formula is C8H11N3O2. The Hall–Kier alpha value is -1.62. The van der Waals surface area contributed by atoms with Crippen molar-refractivity contribution >= 4 is 12.2 Å². The molecule has 0 aliphatic heterocycles. The van der Waals surface area contributed by atoms with Gasteiger partial charge in [0.25, 0.3) is 0 Å². The molecule has 1 aromatic heterocycles. The highest BCUT2D eigenvalue weighted by molar-refractivity contribution is 5.76. The van der Waals surface area contributed by atoms with Crippen LogP contribution < -0.4 is 5.73 Å². The van der Waals surface area contributed by atoms with Crippen molar-refractivity contribution in [2.24, 2.45) is 5.73 Å². The van der Waals surface area contributed by atoms with Gasteiger partial charge >= 0.3 is 5.97 Å². The molecule has 1 atom stereocenters. The van der Waals surface area contributed by atoms with Crippen LogP contribution in [-0.2, 0) is 9.53 Å². The van der Waals surface area contributed by atoms with Crippen molar-refractivity contribution in [2.75, 3.05) is 7.11 Å². The zero-order valence-corrected chi connectivity index (χ0v) is 7.30. The minimum absolute atomic E-state index is 0.483. The average molecular weight is 181 g/mol. The Morgan fingerprint density at radius 2 is 2.62 bits per heavy atom. The fourth-order valence-electron chi connectivity index (χ4n) is 0.876. The second kappa shape index (κ2) is 3.86. The Labute approximate surface area is 75.8 Å². The predicted molar refractivity (Wildman–Crippen MR) is 47.6 cm³/mol. The molecular weight excluding hydrogens is 170 g/mol. The summed E-state index contributed by atoms with van der Waals surface area (Å²) in [7, 11) is 1.29. The molecule has 1 rings (SSSR count). The van der Waals surface area contributed by atoms with E-state index in [1.165, 1.54) is 24.2 Å². The molecule has 0 aliphatic carbocycles. The van der Waals surface area contributed by atoms with Gasteiger partial charge in [-0.25, -0.2) is 4.68 Å². The number of nitrogens with two attached hydrogens (primary N) is 1. The van der Waals surface area contributed by atoms with Crippen molar-refractivity contribution in [3.63, 3.8) is 0 Å². The number of rotatable bonds is 3. The van der Waals surface area contributed by atoms with Crippen LogP contribution in [-0.4, -0.2) is 22.9 Å². The fourth-order valence-corrected chi connectivity index (χ4v) is 0.876. The number of methoxy groups -OCH3 is 1. The maximum Gasteiger partial charge on any atom is 0.327 e. The highest BCUT2D eigenvalue weighted by atomic mass is 16.5. The van der Waals surface area contributed by atoms with E-state index in [2.05, 4.69) is 16.4 Å². The molecule has 0 fully saturated rings. The number of hydrogen-bond donors (Lipinski definition) is 1. The Morgan fingerprint density at radius 3 is 3.08 bits per heavy atom. The Balaban J connectivity index is 2.82. The van der Waals surface area contributed by atoms with Gasteiger partial charge in [0.1, 0.15) is 6.04 Å². The van der Waals surface area contributed by atoms with Crippen LogP contribution in [0.1, 0.15) is 11.6 Å². The lowest BCUT2D eigenvalue weighted by molar-refractivity contribution is -0.142. The van der Waals surface area contributed by atoms with Gasteiger partial charge in [0.05, 0.1) is 13.3 Å². The van der Waals surface area contributed by atoms with E-state index in [0.29, 0.717) is 5.56 Å². The van der Waals surface area contributed by atoms with Gasteiger partial charge in [-0.3, -0.25) is 4.79 Å². The third-order valence-electron chi connectivity index (χ3n) is 1.62. The zero-order valence-electron chi connectivity index (χ0n) is 7.30. The number of ether oxygens (including phenoxy) is 1. The molecule has 1 aromatic rings. The van der Waals surface area contributed by atoms with E-state index >= 15 is 0 Å². The van der Waals surface area contributed by atoms with E-state index in [-0.39, 0.29) is 0 Å². The molecule has 0 bridgehead atoms. The van der Waals surface area contributed by atoms with Gasteiger partial charge in [-0.05, 0) is 0 Å². The molecule has 2 N–H and O–H groups in total. The smallest absolute Gasteiger partial charge is 0.327 e. The molecule has 5 heteroatoms. The first-order chi connectivity index (χ1) is 6.19. The molecule has 0 amide bonds.